The van der Waals surface area contributed by atoms with Gasteiger partial charge >= 0.3 is 0 Å². The van der Waals surface area contributed by atoms with Crippen molar-refractivity contribution in [1.29, 1.82) is 0 Å². The average molecular weight is 317 g/mol. The van der Waals surface area contributed by atoms with Gasteiger partial charge in [0.2, 0.25) is 21.2 Å². The number of aliphatic hydroxyl groups is 1. The Hall–Kier alpha value is -1.38. The third-order valence-electron chi connectivity index (χ3n) is 3.53. The minimum absolute atomic E-state index is 0.109. The Morgan fingerprint density at radius 1 is 1.43 bits per heavy atom. The van der Waals surface area contributed by atoms with E-state index in [0.29, 0.717) is 32.5 Å². The van der Waals surface area contributed by atoms with Crippen LogP contribution in [0.1, 0.15) is 18.6 Å². The van der Waals surface area contributed by atoms with Crippen LogP contribution in [0.25, 0.3) is 0 Å². The van der Waals surface area contributed by atoms with Gasteiger partial charge in [0, 0.05) is 19.2 Å². The second-order valence-electron chi connectivity index (χ2n) is 5.15. The van der Waals surface area contributed by atoms with Gasteiger partial charge in [0.05, 0.1) is 12.9 Å². The van der Waals surface area contributed by atoms with E-state index in [1.54, 1.807) is 0 Å². The molecule has 21 heavy (non-hydrogen) atoms. The first-order chi connectivity index (χ1) is 9.90. The Morgan fingerprint density at radius 3 is 2.62 bits per heavy atom. The van der Waals surface area contributed by atoms with Crippen molar-refractivity contribution in [2.45, 2.75) is 19.4 Å². The number of nitrogens with zero attached hydrogens (tertiary/aromatic N) is 1. The van der Waals surface area contributed by atoms with Crippen LogP contribution in [0.4, 0.5) is 0 Å². The molecule has 7 nitrogen and oxygen atoms in total. The number of hydrogen-bond donors (Lipinski definition) is 1. The van der Waals surface area contributed by atoms with Crippen LogP contribution in [-0.4, -0.2) is 43.8 Å². The van der Waals surface area contributed by atoms with E-state index in [1.165, 1.54) is 22.9 Å². The van der Waals surface area contributed by atoms with E-state index < -0.39 is 10.0 Å². The van der Waals surface area contributed by atoms with Crippen molar-refractivity contribution in [2.75, 3.05) is 26.0 Å². The Balaban J connectivity index is 1.86. The van der Waals surface area contributed by atoms with Crippen LogP contribution in [0.15, 0.2) is 21.5 Å². The molecule has 1 aromatic rings. The van der Waals surface area contributed by atoms with E-state index in [4.69, 9.17) is 14.3 Å². The van der Waals surface area contributed by atoms with Gasteiger partial charge < -0.3 is 14.3 Å². The zero-order valence-electron chi connectivity index (χ0n) is 11.8. The number of rotatable bonds is 5. The summed E-state index contributed by atoms with van der Waals surface area (Å²) < 4.78 is 34.7. The fourth-order valence-electron chi connectivity index (χ4n) is 2.24. The summed E-state index contributed by atoms with van der Waals surface area (Å²) in [5, 5.41) is 8.85. The van der Waals surface area contributed by atoms with Crippen molar-refractivity contribution < 1.29 is 22.7 Å². The van der Waals surface area contributed by atoms with Gasteiger partial charge in [-0.25, -0.2) is 12.7 Å². The lowest BCUT2D eigenvalue weighted by Gasteiger charge is -2.29. The number of hydrogen-bond acceptors (Lipinski definition) is 6. The molecule has 0 spiro atoms. The highest BCUT2D eigenvalue weighted by molar-refractivity contribution is 7.88. The van der Waals surface area contributed by atoms with Crippen molar-refractivity contribution >= 4 is 10.0 Å². The second kappa shape index (κ2) is 6.59. The maximum absolute atomic E-state index is 11.7. The summed E-state index contributed by atoms with van der Waals surface area (Å²) in [6, 6.07) is 1.20. The van der Waals surface area contributed by atoms with Gasteiger partial charge in [0.1, 0.15) is 18.6 Å². The van der Waals surface area contributed by atoms with Gasteiger partial charge in [0.25, 0.3) is 0 Å². The normalized spacial score (nSPS) is 17.8. The van der Waals surface area contributed by atoms with Gasteiger partial charge in [-0.15, -0.1) is 0 Å². The topological polar surface area (TPSA) is 97.1 Å². The molecule has 0 aromatic carbocycles. The highest BCUT2D eigenvalue weighted by Crippen LogP contribution is 2.20. The molecular weight excluding hydrogens is 298 g/mol. The molecule has 1 N–H and O–H groups in total. The van der Waals surface area contributed by atoms with Gasteiger partial charge in [-0.1, -0.05) is 0 Å². The molecular formula is C13H19NO6S. The summed E-state index contributed by atoms with van der Waals surface area (Å²) >= 11 is 0. The Labute approximate surface area is 123 Å². The summed E-state index contributed by atoms with van der Waals surface area (Å²) in [6.45, 7) is 0.968. The molecule has 2 heterocycles. The van der Waals surface area contributed by atoms with Gasteiger partial charge in [-0.3, -0.25) is 4.79 Å². The van der Waals surface area contributed by atoms with Crippen molar-refractivity contribution in [3.05, 3.63) is 28.3 Å². The molecule has 1 aromatic heterocycles. The van der Waals surface area contributed by atoms with Crippen molar-refractivity contribution in [3.63, 3.8) is 0 Å². The third-order valence-corrected chi connectivity index (χ3v) is 4.83. The molecule has 1 fully saturated rings. The van der Waals surface area contributed by atoms with E-state index in [2.05, 4.69) is 0 Å². The molecule has 8 heteroatoms. The summed E-state index contributed by atoms with van der Waals surface area (Å²) in [6.07, 6.45) is 3.80. The SMILES string of the molecule is CS(=O)(=O)N1CCC(COc2coc(CO)cc2=O)CC1. The molecule has 0 unspecified atom stereocenters. The number of aliphatic hydroxyl groups excluding tert-OH is 1. The van der Waals surface area contributed by atoms with Crippen LogP contribution in [0.5, 0.6) is 5.75 Å². The minimum Gasteiger partial charge on any atom is -0.486 e. The van der Waals surface area contributed by atoms with Crippen molar-refractivity contribution in [3.8, 4) is 5.75 Å². The predicted octanol–water partition coefficient (Wildman–Crippen LogP) is 0.183. The first-order valence-electron chi connectivity index (χ1n) is 6.70. The summed E-state index contributed by atoms with van der Waals surface area (Å²) in [4.78, 5) is 11.7. The molecule has 1 aliphatic heterocycles. The number of piperidine rings is 1. The molecule has 0 atom stereocenters. The predicted molar refractivity (Wildman–Crippen MR) is 75.5 cm³/mol. The highest BCUT2D eigenvalue weighted by Gasteiger charge is 2.25. The third kappa shape index (κ3) is 4.29. The smallest absolute Gasteiger partial charge is 0.227 e. The lowest BCUT2D eigenvalue weighted by molar-refractivity contribution is 0.179. The Bertz CT molecular complexity index is 630. The van der Waals surface area contributed by atoms with Gasteiger partial charge in [0.15, 0.2) is 0 Å². The van der Waals surface area contributed by atoms with Crippen LogP contribution in [0.2, 0.25) is 0 Å². The van der Waals surface area contributed by atoms with E-state index in [1.807, 2.05) is 0 Å². The molecule has 1 aliphatic rings. The van der Waals surface area contributed by atoms with Crippen LogP contribution < -0.4 is 10.2 Å². The van der Waals surface area contributed by atoms with Crippen LogP contribution in [-0.2, 0) is 16.6 Å². The summed E-state index contributed by atoms with van der Waals surface area (Å²) in [7, 11) is -3.13. The summed E-state index contributed by atoms with van der Waals surface area (Å²) in [5.41, 5.74) is -0.334. The van der Waals surface area contributed by atoms with E-state index >= 15 is 0 Å². The molecule has 0 aliphatic carbocycles. The monoisotopic (exact) mass is 317 g/mol. The lowest BCUT2D eigenvalue weighted by atomic mass is 9.99. The van der Waals surface area contributed by atoms with Gasteiger partial charge in [-0.2, -0.15) is 0 Å². The minimum atomic E-state index is -3.13. The van der Waals surface area contributed by atoms with E-state index in [-0.39, 0.29) is 29.5 Å². The number of sulfonamides is 1. The molecule has 118 valence electrons. The first-order valence-corrected chi connectivity index (χ1v) is 8.55. The van der Waals surface area contributed by atoms with Gasteiger partial charge in [-0.05, 0) is 18.8 Å². The second-order valence-corrected chi connectivity index (χ2v) is 7.13. The standard InChI is InChI=1S/C13H19NO6S/c1-21(17,18)14-4-2-10(3-5-14)8-20-13-9-19-11(7-15)6-12(13)16/h6,9-10,15H,2-5,7-8H2,1H3. The van der Waals surface area contributed by atoms with Crippen molar-refractivity contribution in [2.24, 2.45) is 5.92 Å². The molecule has 0 bridgehead atoms. The summed E-state index contributed by atoms with van der Waals surface area (Å²) in [5.74, 6) is 0.506. The Kier molecular flexibility index (Phi) is 5.02. The van der Waals surface area contributed by atoms with E-state index in [9.17, 15) is 13.2 Å². The first kappa shape index (κ1) is 16.0. The molecule has 0 amide bonds. The molecule has 1 saturated heterocycles. The fraction of sp³-hybridized carbons (Fsp3) is 0.615. The maximum Gasteiger partial charge on any atom is 0.227 e. The largest absolute Gasteiger partial charge is 0.486 e. The highest BCUT2D eigenvalue weighted by atomic mass is 32.2. The fourth-order valence-corrected chi connectivity index (χ4v) is 3.12. The zero-order valence-corrected chi connectivity index (χ0v) is 12.6. The molecule has 0 saturated carbocycles. The van der Waals surface area contributed by atoms with Crippen LogP contribution in [0.3, 0.4) is 0 Å². The lowest BCUT2D eigenvalue weighted by Crippen LogP contribution is -2.39. The van der Waals surface area contributed by atoms with Crippen LogP contribution >= 0.6 is 0 Å². The quantitative estimate of drug-likeness (QED) is 0.832. The number of ether oxygens (including phenoxy) is 1. The van der Waals surface area contributed by atoms with Crippen molar-refractivity contribution in [1.82, 2.24) is 4.31 Å². The molecule has 0 radical (unpaired) electrons. The van der Waals surface area contributed by atoms with E-state index in [0.717, 1.165) is 0 Å². The zero-order chi connectivity index (χ0) is 15.5. The van der Waals surface area contributed by atoms with Crippen LogP contribution in [0, 0.1) is 5.92 Å². The maximum atomic E-state index is 11.7. The molecule has 2 rings (SSSR count). The Morgan fingerprint density at radius 2 is 2.10 bits per heavy atom. The average Bonchev–Trinajstić information content (AvgIpc) is 2.45.